The Morgan fingerprint density at radius 2 is 1.78 bits per heavy atom. The molecule has 1 fully saturated rings. The molecule has 1 atom stereocenters. The van der Waals surface area contributed by atoms with Crippen molar-refractivity contribution in [3.8, 4) is 11.3 Å². The normalized spacial score (nSPS) is 18.0. The maximum atomic E-state index is 13.3. The van der Waals surface area contributed by atoms with Crippen molar-refractivity contribution in [2.75, 3.05) is 18.4 Å². The van der Waals surface area contributed by atoms with E-state index in [9.17, 15) is 9.59 Å². The van der Waals surface area contributed by atoms with Crippen LogP contribution in [0.4, 0.5) is 5.82 Å². The quantitative estimate of drug-likeness (QED) is 0.350. The van der Waals surface area contributed by atoms with Crippen molar-refractivity contribution in [3.63, 3.8) is 0 Å². The van der Waals surface area contributed by atoms with Crippen molar-refractivity contribution in [3.05, 3.63) is 81.4 Å². The maximum Gasteiger partial charge on any atom is 0.230 e. The molecule has 182 valence electrons. The average Bonchev–Trinajstić information content (AvgIpc) is 3.44. The fourth-order valence-electron chi connectivity index (χ4n) is 5.20. The van der Waals surface area contributed by atoms with Gasteiger partial charge in [0.15, 0.2) is 11.4 Å². The van der Waals surface area contributed by atoms with Gasteiger partial charge in [-0.15, -0.1) is 0 Å². The van der Waals surface area contributed by atoms with Gasteiger partial charge in [0.05, 0.1) is 22.3 Å². The molecule has 0 radical (unpaired) electrons. The van der Waals surface area contributed by atoms with Gasteiger partial charge in [-0.05, 0) is 40.4 Å². The molecule has 1 unspecified atom stereocenters. The number of aromatic nitrogens is 3. The highest BCUT2D eigenvalue weighted by molar-refractivity contribution is 9.10. The highest BCUT2D eigenvalue weighted by Gasteiger charge is 2.37. The number of benzene rings is 2. The number of carbonyl (C=O) groups excluding carboxylic acids is 2. The molecule has 3 heterocycles. The zero-order valence-electron chi connectivity index (χ0n) is 19.3. The molecule has 0 saturated carbocycles. The smallest absolute Gasteiger partial charge is 0.230 e. The molecular formula is C27H23BrClN5O2. The monoisotopic (exact) mass is 563 g/mol. The van der Waals surface area contributed by atoms with E-state index in [1.165, 1.54) is 0 Å². The molecule has 4 aromatic rings. The van der Waals surface area contributed by atoms with Gasteiger partial charge in [-0.3, -0.25) is 9.59 Å². The van der Waals surface area contributed by atoms with E-state index in [0.29, 0.717) is 29.3 Å². The van der Waals surface area contributed by atoms with Crippen molar-refractivity contribution in [1.29, 1.82) is 0 Å². The number of hydrogen-bond acceptors (Lipinski definition) is 5. The number of hydrogen-bond donors (Lipinski definition) is 1. The van der Waals surface area contributed by atoms with Crippen molar-refractivity contribution >= 4 is 50.7 Å². The predicted octanol–water partition coefficient (Wildman–Crippen LogP) is 5.59. The van der Waals surface area contributed by atoms with Gasteiger partial charge in [0.25, 0.3) is 0 Å². The molecule has 36 heavy (non-hydrogen) atoms. The Labute approximate surface area is 221 Å². The lowest BCUT2D eigenvalue weighted by atomic mass is 9.97. The summed E-state index contributed by atoms with van der Waals surface area (Å²) in [7, 11) is 0. The lowest BCUT2D eigenvalue weighted by Gasteiger charge is -2.34. The van der Waals surface area contributed by atoms with Crippen LogP contribution in [0.1, 0.15) is 41.1 Å². The molecule has 2 aromatic carbocycles. The number of ketones is 1. The minimum atomic E-state index is -0.363. The molecule has 0 spiro atoms. The lowest BCUT2D eigenvalue weighted by molar-refractivity contribution is -0.133. The second-order valence-corrected chi connectivity index (χ2v) is 10.5. The number of anilines is 1. The first kappa shape index (κ1) is 23.2. The van der Waals surface area contributed by atoms with Crippen LogP contribution in [0.5, 0.6) is 0 Å². The molecule has 1 aliphatic carbocycles. The highest BCUT2D eigenvalue weighted by atomic mass is 79.9. The molecule has 6 rings (SSSR count). The molecule has 2 aromatic heterocycles. The number of fused-ring (bicyclic) bond motifs is 2. The number of nitrogens with zero attached hydrogens (tertiary/aromatic N) is 4. The van der Waals surface area contributed by atoms with E-state index in [0.717, 1.165) is 40.0 Å². The first-order valence-electron chi connectivity index (χ1n) is 12.0. The lowest BCUT2D eigenvalue weighted by Crippen LogP contribution is -2.44. The van der Waals surface area contributed by atoms with Crippen molar-refractivity contribution < 1.29 is 9.59 Å². The SMILES string of the molecule is O=C1CC(C(=O)N2CCC(Nc3cc(-c4ccccc4Cl)nc4c(Br)cnn34)CC2)c2ccccc21. The van der Waals surface area contributed by atoms with Crippen LogP contribution in [0, 0.1) is 0 Å². The van der Waals surface area contributed by atoms with Crippen LogP contribution >= 0.6 is 27.5 Å². The van der Waals surface area contributed by atoms with E-state index in [1.807, 2.05) is 59.5 Å². The zero-order chi connectivity index (χ0) is 24.8. The summed E-state index contributed by atoms with van der Waals surface area (Å²) in [6.07, 6.45) is 3.58. The van der Waals surface area contributed by atoms with Crippen LogP contribution in [0.3, 0.4) is 0 Å². The van der Waals surface area contributed by atoms with Crippen LogP contribution in [0.25, 0.3) is 16.9 Å². The fraction of sp³-hybridized carbons (Fsp3) is 0.259. The van der Waals surface area contributed by atoms with E-state index in [4.69, 9.17) is 16.6 Å². The summed E-state index contributed by atoms with van der Waals surface area (Å²) in [5.74, 6) is 0.565. The highest BCUT2D eigenvalue weighted by Crippen LogP contribution is 2.35. The molecule has 9 heteroatoms. The Morgan fingerprint density at radius 3 is 2.56 bits per heavy atom. The summed E-state index contributed by atoms with van der Waals surface area (Å²) in [6, 6.07) is 17.2. The molecule has 1 N–H and O–H groups in total. The second-order valence-electron chi connectivity index (χ2n) is 9.25. The maximum absolute atomic E-state index is 13.3. The standard InChI is InChI=1S/C27H23BrClN5O2/c28-21-15-30-34-25(14-23(32-26(21)34)19-7-3-4-8-22(19)29)31-16-9-11-33(12-10-16)27(36)20-13-24(35)18-6-2-1-5-17(18)20/h1-8,14-16,20,31H,9-13H2. The van der Waals surface area contributed by atoms with Crippen molar-refractivity contribution in [2.24, 2.45) is 0 Å². The predicted molar refractivity (Wildman–Crippen MR) is 142 cm³/mol. The minimum Gasteiger partial charge on any atom is -0.367 e. The molecular weight excluding hydrogens is 542 g/mol. The Morgan fingerprint density at radius 1 is 1.06 bits per heavy atom. The third kappa shape index (κ3) is 4.08. The summed E-state index contributed by atoms with van der Waals surface area (Å²) in [5.41, 5.74) is 3.86. The van der Waals surface area contributed by atoms with Crippen LogP contribution in [-0.4, -0.2) is 50.3 Å². The number of Topliss-reactive ketones (excluding diaryl/α,β-unsaturated/α-hetero) is 1. The van der Waals surface area contributed by atoms with Crippen LogP contribution in [0.15, 0.2) is 65.3 Å². The Bertz CT molecular complexity index is 1490. The van der Waals surface area contributed by atoms with E-state index < -0.39 is 0 Å². The molecule has 0 bridgehead atoms. The van der Waals surface area contributed by atoms with Crippen molar-refractivity contribution in [1.82, 2.24) is 19.5 Å². The number of piperidine rings is 1. The van der Waals surface area contributed by atoms with Crippen LogP contribution < -0.4 is 5.32 Å². The van der Waals surface area contributed by atoms with Gasteiger partial charge < -0.3 is 10.2 Å². The largest absolute Gasteiger partial charge is 0.367 e. The summed E-state index contributed by atoms with van der Waals surface area (Å²) in [5, 5.41) is 8.74. The van der Waals surface area contributed by atoms with Gasteiger partial charge in [0.2, 0.25) is 5.91 Å². The molecule has 1 amide bonds. The third-order valence-electron chi connectivity index (χ3n) is 7.06. The summed E-state index contributed by atoms with van der Waals surface area (Å²) in [6.45, 7) is 1.27. The van der Waals surface area contributed by atoms with E-state index >= 15 is 0 Å². The molecule has 1 saturated heterocycles. The summed E-state index contributed by atoms with van der Waals surface area (Å²) >= 11 is 10.0. The van der Waals surface area contributed by atoms with Gasteiger partial charge >= 0.3 is 0 Å². The summed E-state index contributed by atoms with van der Waals surface area (Å²) < 4.78 is 2.58. The number of likely N-dealkylation sites (tertiary alicyclic amines) is 1. The first-order chi connectivity index (χ1) is 17.5. The zero-order valence-corrected chi connectivity index (χ0v) is 21.7. The molecule has 1 aliphatic heterocycles. The Kier molecular flexibility index (Phi) is 6.01. The average molecular weight is 565 g/mol. The minimum absolute atomic E-state index is 0.0510. The number of halogens is 2. The van der Waals surface area contributed by atoms with Gasteiger partial charge in [-0.25, -0.2) is 4.98 Å². The van der Waals surface area contributed by atoms with Gasteiger partial charge in [-0.1, -0.05) is 54.1 Å². The molecule has 7 nitrogen and oxygen atoms in total. The van der Waals surface area contributed by atoms with Crippen LogP contribution in [-0.2, 0) is 4.79 Å². The van der Waals surface area contributed by atoms with E-state index in [1.54, 1.807) is 10.7 Å². The topological polar surface area (TPSA) is 79.6 Å². The summed E-state index contributed by atoms with van der Waals surface area (Å²) in [4.78, 5) is 32.3. The van der Waals surface area contributed by atoms with E-state index in [-0.39, 0.29) is 30.1 Å². The second kappa shape index (κ2) is 9.33. The number of carbonyl (C=O) groups is 2. The van der Waals surface area contributed by atoms with Crippen molar-refractivity contribution in [2.45, 2.75) is 31.2 Å². The van der Waals surface area contributed by atoms with E-state index in [2.05, 4.69) is 26.3 Å². The van der Waals surface area contributed by atoms with Gasteiger partial charge in [0, 0.05) is 47.8 Å². The first-order valence-corrected chi connectivity index (χ1v) is 13.1. The van der Waals surface area contributed by atoms with Gasteiger partial charge in [-0.2, -0.15) is 9.61 Å². The Hall–Kier alpha value is -3.23. The number of rotatable bonds is 4. The Balaban J connectivity index is 1.19. The van der Waals surface area contributed by atoms with Crippen LogP contribution in [0.2, 0.25) is 5.02 Å². The number of nitrogens with one attached hydrogen (secondary N) is 1. The van der Waals surface area contributed by atoms with Gasteiger partial charge in [0.1, 0.15) is 5.82 Å². The fourth-order valence-corrected chi connectivity index (χ4v) is 5.78. The third-order valence-corrected chi connectivity index (χ3v) is 7.95. The molecule has 2 aliphatic rings. The number of amides is 1.